The van der Waals surface area contributed by atoms with Crippen molar-refractivity contribution in [1.82, 2.24) is 14.7 Å². The average Bonchev–Trinajstić information content (AvgIpc) is 3.29. The van der Waals surface area contributed by atoms with Gasteiger partial charge in [0.1, 0.15) is 11.5 Å². The standard InChI is InChI=1S/C21H16N4O3/c26-25(27)17-10-8-16(9-11-17)24-12-18(22-13-24)19-20(14-4-2-1-3-5-14)23-28-21(19)15-6-7-15/h1-5,8-13,15H,6-7H2. The van der Waals surface area contributed by atoms with Gasteiger partial charge in [0.05, 0.1) is 22.5 Å². The Labute approximate surface area is 160 Å². The zero-order valence-corrected chi connectivity index (χ0v) is 14.9. The van der Waals surface area contributed by atoms with Crippen LogP contribution in [0.1, 0.15) is 24.5 Å². The maximum atomic E-state index is 10.9. The molecule has 1 fully saturated rings. The van der Waals surface area contributed by atoms with Gasteiger partial charge in [0.15, 0.2) is 0 Å². The smallest absolute Gasteiger partial charge is 0.269 e. The van der Waals surface area contributed by atoms with Crippen molar-refractivity contribution in [3.8, 4) is 28.2 Å². The molecule has 138 valence electrons. The lowest BCUT2D eigenvalue weighted by atomic mass is 10.0. The molecule has 2 heterocycles. The Morgan fingerprint density at radius 2 is 1.82 bits per heavy atom. The van der Waals surface area contributed by atoms with Crippen molar-refractivity contribution in [2.75, 3.05) is 0 Å². The predicted octanol–water partition coefficient (Wildman–Crippen LogP) is 4.98. The van der Waals surface area contributed by atoms with E-state index in [1.807, 2.05) is 41.1 Å². The molecule has 5 rings (SSSR count). The van der Waals surface area contributed by atoms with Gasteiger partial charge in [-0.2, -0.15) is 0 Å². The van der Waals surface area contributed by atoms with Crippen LogP contribution < -0.4 is 0 Å². The second kappa shape index (κ2) is 6.45. The van der Waals surface area contributed by atoms with E-state index in [-0.39, 0.29) is 5.69 Å². The molecule has 1 aliphatic rings. The topological polar surface area (TPSA) is 87.0 Å². The molecule has 2 aromatic carbocycles. The molecule has 7 nitrogen and oxygen atoms in total. The molecule has 0 radical (unpaired) electrons. The van der Waals surface area contributed by atoms with E-state index in [2.05, 4.69) is 10.1 Å². The van der Waals surface area contributed by atoms with Crippen molar-refractivity contribution >= 4 is 5.69 Å². The lowest BCUT2D eigenvalue weighted by Gasteiger charge is -2.02. The number of aromatic nitrogens is 3. The summed E-state index contributed by atoms with van der Waals surface area (Å²) in [5, 5.41) is 15.2. The van der Waals surface area contributed by atoms with Crippen LogP contribution in [0.3, 0.4) is 0 Å². The highest BCUT2D eigenvalue weighted by molar-refractivity contribution is 5.80. The van der Waals surface area contributed by atoms with E-state index in [9.17, 15) is 10.1 Å². The summed E-state index contributed by atoms with van der Waals surface area (Å²) in [4.78, 5) is 15.0. The molecule has 1 aliphatic carbocycles. The van der Waals surface area contributed by atoms with E-state index >= 15 is 0 Å². The Morgan fingerprint density at radius 1 is 1.07 bits per heavy atom. The third-order valence-electron chi connectivity index (χ3n) is 4.91. The number of hydrogen-bond donors (Lipinski definition) is 0. The Balaban J connectivity index is 1.57. The maximum absolute atomic E-state index is 10.9. The molecule has 0 atom stereocenters. The molecule has 0 aliphatic heterocycles. The second-order valence-corrected chi connectivity index (χ2v) is 6.85. The van der Waals surface area contributed by atoms with Gasteiger partial charge in [-0.15, -0.1) is 0 Å². The number of nitro benzene ring substituents is 1. The molecule has 0 spiro atoms. The molecule has 1 saturated carbocycles. The number of non-ortho nitro benzene ring substituents is 1. The molecule has 28 heavy (non-hydrogen) atoms. The molecule has 0 saturated heterocycles. The summed E-state index contributed by atoms with van der Waals surface area (Å²) in [6.07, 6.45) is 5.81. The van der Waals surface area contributed by atoms with Crippen LogP contribution in [0.25, 0.3) is 28.2 Å². The minimum absolute atomic E-state index is 0.0607. The largest absolute Gasteiger partial charge is 0.360 e. The summed E-state index contributed by atoms with van der Waals surface area (Å²) in [5.74, 6) is 1.28. The van der Waals surface area contributed by atoms with Crippen LogP contribution in [0.2, 0.25) is 0 Å². The van der Waals surface area contributed by atoms with Crippen LogP contribution in [0, 0.1) is 10.1 Å². The summed E-state index contributed by atoms with van der Waals surface area (Å²) < 4.78 is 7.56. The van der Waals surface area contributed by atoms with E-state index in [1.165, 1.54) is 12.1 Å². The summed E-state index contributed by atoms with van der Waals surface area (Å²) in [7, 11) is 0. The first kappa shape index (κ1) is 16.4. The third kappa shape index (κ3) is 2.87. The Hall–Kier alpha value is -3.74. The molecule has 4 aromatic rings. The van der Waals surface area contributed by atoms with E-state index in [0.29, 0.717) is 5.92 Å². The Bertz CT molecular complexity index is 1140. The molecule has 0 amide bonds. The summed E-state index contributed by atoms with van der Waals surface area (Å²) in [5.41, 5.74) is 4.34. The minimum atomic E-state index is -0.408. The third-order valence-corrected chi connectivity index (χ3v) is 4.91. The Kier molecular flexibility index (Phi) is 3.79. The van der Waals surface area contributed by atoms with Gasteiger partial charge >= 0.3 is 0 Å². The van der Waals surface area contributed by atoms with Crippen LogP contribution in [-0.4, -0.2) is 19.6 Å². The highest BCUT2D eigenvalue weighted by Crippen LogP contribution is 2.47. The van der Waals surface area contributed by atoms with Crippen LogP contribution in [0.4, 0.5) is 5.69 Å². The van der Waals surface area contributed by atoms with E-state index in [4.69, 9.17) is 4.52 Å². The van der Waals surface area contributed by atoms with Crippen molar-refractivity contribution in [2.24, 2.45) is 0 Å². The van der Waals surface area contributed by atoms with Crippen molar-refractivity contribution in [3.63, 3.8) is 0 Å². The summed E-state index contributed by atoms with van der Waals surface area (Å²) in [6, 6.07) is 16.3. The van der Waals surface area contributed by atoms with Gasteiger partial charge in [0, 0.05) is 35.5 Å². The SMILES string of the molecule is O=[N+]([O-])c1ccc(-n2cnc(-c3c(-c4ccccc4)noc3C3CC3)c2)cc1. The monoisotopic (exact) mass is 372 g/mol. The van der Waals surface area contributed by atoms with Crippen molar-refractivity contribution in [2.45, 2.75) is 18.8 Å². The zero-order chi connectivity index (χ0) is 19.1. The Morgan fingerprint density at radius 3 is 2.50 bits per heavy atom. The highest BCUT2D eigenvalue weighted by atomic mass is 16.6. The number of nitrogens with zero attached hydrogens (tertiary/aromatic N) is 4. The van der Waals surface area contributed by atoms with Gasteiger partial charge in [-0.05, 0) is 25.0 Å². The molecule has 0 bridgehead atoms. The second-order valence-electron chi connectivity index (χ2n) is 6.85. The molecular formula is C21H16N4O3. The molecular weight excluding hydrogens is 356 g/mol. The first-order valence-electron chi connectivity index (χ1n) is 9.05. The maximum Gasteiger partial charge on any atom is 0.269 e. The van der Waals surface area contributed by atoms with Crippen LogP contribution in [0.15, 0.2) is 71.6 Å². The van der Waals surface area contributed by atoms with Gasteiger partial charge in [0.2, 0.25) is 0 Å². The van der Waals surface area contributed by atoms with Crippen LogP contribution in [-0.2, 0) is 0 Å². The zero-order valence-electron chi connectivity index (χ0n) is 14.9. The number of nitro groups is 1. The summed E-state index contributed by atoms with van der Waals surface area (Å²) >= 11 is 0. The molecule has 0 unspecified atom stereocenters. The van der Waals surface area contributed by atoms with Crippen LogP contribution >= 0.6 is 0 Å². The van der Waals surface area contributed by atoms with E-state index < -0.39 is 4.92 Å². The average molecular weight is 372 g/mol. The van der Waals surface area contributed by atoms with Gasteiger partial charge < -0.3 is 9.09 Å². The molecule has 2 aromatic heterocycles. The number of imidazole rings is 1. The van der Waals surface area contributed by atoms with Crippen molar-refractivity contribution in [3.05, 3.63) is 83.0 Å². The first-order valence-corrected chi connectivity index (χ1v) is 9.05. The fraction of sp³-hybridized carbons (Fsp3) is 0.143. The normalized spacial score (nSPS) is 13.6. The van der Waals surface area contributed by atoms with E-state index in [0.717, 1.165) is 46.8 Å². The molecule has 0 N–H and O–H groups in total. The fourth-order valence-electron chi connectivity index (χ4n) is 3.31. The summed E-state index contributed by atoms with van der Waals surface area (Å²) in [6.45, 7) is 0. The number of rotatable bonds is 5. The highest BCUT2D eigenvalue weighted by Gasteiger charge is 2.34. The number of benzene rings is 2. The van der Waals surface area contributed by atoms with Gasteiger partial charge in [-0.25, -0.2) is 4.98 Å². The lowest BCUT2D eigenvalue weighted by molar-refractivity contribution is -0.384. The van der Waals surface area contributed by atoms with Crippen molar-refractivity contribution in [1.29, 1.82) is 0 Å². The lowest BCUT2D eigenvalue weighted by Crippen LogP contribution is -1.92. The molecule has 7 heteroatoms. The van der Waals surface area contributed by atoms with E-state index in [1.54, 1.807) is 18.5 Å². The van der Waals surface area contributed by atoms with Gasteiger partial charge in [-0.3, -0.25) is 10.1 Å². The van der Waals surface area contributed by atoms with Crippen LogP contribution in [0.5, 0.6) is 0 Å². The van der Waals surface area contributed by atoms with Gasteiger partial charge in [-0.1, -0.05) is 35.5 Å². The van der Waals surface area contributed by atoms with Gasteiger partial charge in [0.25, 0.3) is 5.69 Å². The predicted molar refractivity (Wildman–Crippen MR) is 103 cm³/mol. The quantitative estimate of drug-likeness (QED) is 0.364. The minimum Gasteiger partial charge on any atom is -0.360 e. The number of hydrogen-bond acceptors (Lipinski definition) is 5. The van der Waals surface area contributed by atoms with Crippen molar-refractivity contribution < 1.29 is 9.45 Å². The first-order chi connectivity index (χ1) is 13.7. The fourth-order valence-corrected chi connectivity index (χ4v) is 3.31.